The lowest BCUT2D eigenvalue weighted by Crippen LogP contribution is -2.44. The van der Waals surface area contributed by atoms with Gasteiger partial charge in [-0.3, -0.25) is 14.4 Å². The Balaban J connectivity index is 1.41. The van der Waals surface area contributed by atoms with Gasteiger partial charge in [-0.1, -0.05) is 12.1 Å². The molecule has 2 atom stereocenters. The van der Waals surface area contributed by atoms with E-state index in [2.05, 4.69) is 0 Å². The molecule has 1 aromatic carbocycles. The summed E-state index contributed by atoms with van der Waals surface area (Å²) in [4.78, 5) is 42.9. The number of rotatable bonds is 6. The Hall–Kier alpha value is -2.74. The van der Waals surface area contributed by atoms with Gasteiger partial charge in [0.25, 0.3) is 0 Å². The molecule has 2 amide bonds. The molecule has 8 heteroatoms. The first-order chi connectivity index (χ1) is 16.0. The van der Waals surface area contributed by atoms with Crippen LogP contribution in [0.25, 0.3) is 0 Å². The van der Waals surface area contributed by atoms with Gasteiger partial charge in [-0.25, -0.2) is 4.39 Å². The quantitative estimate of drug-likeness (QED) is 0.598. The molecule has 0 spiro atoms. The first kappa shape index (κ1) is 23.4. The molecule has 1 saturated heterocycles. The van der Waals surface area contributed by atoms with Crippen molar-refractivity contribution in [3.8, 4) is 0 Å². The summed E-state index contributed by atoms with van der Waals surface area (Å²) in [6.45, 7) is 3.62. The number of esters is 1. The summed E-state index contributed by atoms with van der Waals surface area (Å²) in [5.41, 5.74) is 1.94. The fourth-order valence-corrected chi connectivity index (χ4v) is 5.67. The molecule has 2 aliphatic rings. The highest BCUT2D eigenvalue weighted by atomic mass is 32.1. The molecule has 2 unspecified atom stereocenters. The van der Waals surface area contributed by atoms with Crippen molar-refractivity contribution in [2.24, 2.45) is 5.92 Å². The molecule has 0 aliphatic carbocycles. The maximum atomic E-state index is 13.5. The number of fused-ring (bicyclic) bond motifs is 1. The van der Waals surface area contributed by atoms with Gasteiger partial charge in [0.2, 0.25) is 11.8 Å². The lowest BCUT2D eigenvalue weighted by atomic mass is 9.92. The Morgan fingerprint density at radius 2 is 1.85 bits per heavy atom. The molecular weight excluding hydrogens is 443 g/mol. The minimum absolute atomic E-state index is 0.0894. The summed E-state index contributed by atoms with van der Waals surface area (Å²) in [7, 11) is 0. The van der Waals surface area contributed by atoms with Crippen molar-refractivity contribution in [1.82, 2.24) is 9.80 Å². The normalized spacial score (nSPS) is 20.3. The van der Waals surface area contributed by atoms with E-state index in [-0.39, 0.29) is 48.4 Å². The monoisotopic (exact) mass is 472 g/mol. The van der Waals surface area contributed by atoms with Crippen molar-refractivity contribution in [3.05, 3.63) is 57.5 Å². The van der Waals surface area contributed by atoms with E-state index in [9.17, 15) is 18.8 Å². The van der Waals surface area contributed by atoms with Crippen molar-refractivity contribution < 1.29 is 23.5 Å². The Morgan fingerprint density at radius 1 is 1.09 bits per heavy atom. The Labute approximate surface area is 197 Å². The molecule has 1 aromatic heterocycles. The highest BCUT2D eigenvalue weighted by Crippen LogP contribution is 2.38. The van der Waals surface area contributed by atoms with Crippen molar-refractivity contribution in [1.29, 1.82) is 0 Å². The number of thiophene rings is 1. The largest absolute Gasteiger partial charge is 0.466 e. The van der Waals surface area contributed by atoms with Crippen LogP contribution in [0.4, 0.5) is 4.39 Å². The third kappa shape index (κ3) is 5.27. The maximum absolute atomic E-state index is 13.5. The molecular formula is C25H29FN2O4S. The Kier molecular flexibility index (Phi) is 7.42. The third-order valence-electron chi connectivity index (χ3n) is 6.42. The summed E-state index contributed by atoms with van der Waals surface area (Å²) >= 11 is 1.67. The minimum Gasteiger partial charge on any atom is -0.466 e. The van der Waals surface area contributed by atoms with Crippen LogP contribution < -0.4 is 0 Å². The van der Waals surface area contributed by atoms with Crippen LogP contribution in [0.5, 0.6) is 0 Å². The zero-order chi connectivity index (χ0) is 23.4. The lowest BCUT2D eigenvalue weighted by molar-refractivity contribution is -0.151. The van der Waals surface area contributed by atoms with E-state index in [1.54, 1.807) is 35.3 Å². The number of nitrogens with zero attached hydrogens (tertiary/aromatic N) is 2. The Morgan fingerprint density at radius 3 is 2.61 bits per heavy atom. The molecule has 2 aromatic rings. The first-order valence-electron chi connectivity index (χ1n) is 11.5. The number of piperidine rings is 1. The van der Waals surface area contributed by atoms with Crippen LogP contribution in [0.15, 0.2) is 35.7 Å². The molecule has 6 nitrogen and oxygen atoms in total. The predicted octanol–water partition coefficient (Wildman–Crippen LogP) is 3.94. The summed E-state index contributed by atoms with van der Waals surface area (Å²) in [6, 6.07) is 8.04. The predicted molar refractivity (Wildman–Crippen MR) is 123 cm³/mol. The first-order valence-corrected chi connectivity index (χ1v) is 12.4. The number of carbonyl (C=O) groups excluding carboxylic acids is 3. The third-order valence-corrected chi connectivity index (χ3v) is 7.42. The van der Waals surface area contributed by atoms with Gasteiger partial charge in [0.15, 0.2) is 0 Å². The zero-order valence-corrected chi connectivity index (χ0v) is 19.6. The summed E-state index contributed by atoms with van der Waals surface area (Å²) in [5.74, 6) is -1.06. The van der Waals surface area contributed by atoms with E-state index in [4.69, 9.17) is 4.74 Å². The molecule has 0 saturated carbocycles. The standard InChI is InChI=1S/C25H29FN2O4S/c1-2-32-25(31)18-4-3-13-27(16-18)22(29)9-10-23(30)28-14-11-21-20(12-15-33-21)24(28)17-5-7-19(26)8-6-17/h5-8,12,15,18,24H,2-4,9-11,13-14,16H2,1H3. The van der Waals surface area contributed by atoms with Crippen LogP contribution in [0.3, 0.4) is 0 Å². The fraction of sp³-hybridized carbons (Fsp3) is 0.480. The molecule has 33 heavy (non-hydrogen) atoms. The van der Waals surface area contributed by atoms with E-state index in [1.165, 1.54) is 17.0 Å². The van der Waals surface area contributed by atoms with Gasteiger partial charge in [-0.2, -0.15) is 0 Å². The molecule has 2 aliphatic heterocycles. The maximum Gasteiger partial charge on any atom is 0.310 e. The van der Waals surface area contributed by atoms with Gasteiger partial charge < -0.3 is 14.5 Å². The summed E-state index contributed by atoms with van der Waals surface area (Å²) < 4.78 is 18.6. The van der Waals surface area contributed by atoms with E-state index in [1.807, 2.05) is 16.3 Å². The second-order valence-corrected chi connectivity index (χ2v) is 9.52. The van der Waals surface area contributed by atoms with Gasteiger partial charge in [-0.05, 0) is 60.9 Å². The molecule has 176 valence electrons. The minimum atomic E-state index is -0.314. The van der Waals surface area contributed by atoms with Gasteiger partial charge in [0, 0.05) is 37.4 Å². The molecule has 4 rings (SSSR count). The van der Waals surface area contributed by atoms with E-state index in [0.29, 0.717) is 26.2 Å². The van der Waals surface area contributed by atoms with Crippen LogP contribution >= 0.6 is 11.3 Å². The van der Waals surface area contributed by atoms with Crippen LogP contribution in [-0.4, -0.2) is 53.8 Å². The van der Waals surface area contributed by atoms with Crippen LogP contribution in [0.2, 0.25) is 0 Å². The number of carbonyl (C=O) groups is 3. The fourth-order valence-electron chi connectivity index (χ4n) is 4.76. The SMILES string of the molecule is CCOC(=O)C1CCCN(C(=O)CCC(=O)N2CCc3sccc3C2c2ccc(F)cc2)C1. The highest BCUT2D eigenvalue weighted by Gasteiger charge is 2.34. The van der Waals surface area contributed by atoms with Crippen molar-refractivity contribution >= 4 is 29.1 Å². The van der Waals surface area contributed by atoms with Crippen molar-refractivity contribution in [2.75, 3.05) is 26.2 Å². The van der Waals surface area contributed by atoms with Crippen LogP contribution in [-0.2, 0) is 25.5 Å². The molecule has 0 N–H and O–H groups in total. The van der Waals surface area contributed by atoms with Gasteiger partial charge in [-0.15, -0.1) is 11.3 Å². The molecule has 3 heterocycles. The number of ether oxygens (including phenoxy) is 1. The van der Waals surface area contributed by atoms with Crippen LogP contribution in [0.1, 0.15) is 54.7 Å². The van der Waals surface area contributed by atoms with E-state index < -0.39 is 0 Å². The number of hydrogen-bond acceptors (Lipinski definition) is 5. The average molecular weight is 473 g/mol. The zero-order valence-electron chi connectivity index (χ0n) is 18.8. The van der Waals surface area contributed by atoms with Gasteiger partial charge in [0.1, 0.15) is 5.82 Å². The Bertz CT molecular complexity index is 1010. The van der Waals surface area contributed by atoms with E-state index >= 15 is 0 Å². The number of benzene rings is 1. The van der Waals surface area contributed by atoms with Crippen molar-refractivity contribution in [3.63, 3.8) is 0 Å². The van der Waals surface area contributed by atoms with Crippen molar-refractivity contribution in [2.45, 2.75) is 45.1 Å². The molecule has 0 bridgehead atoms. The molecule has 1 fully saturated rings. The van der Waals surface area contributed by atoms with Crippen LogP contribution in [0, 0.1) is 11.7 Å². The average Bonchev–Trinajstić information content (AvgIpc) is 3.31. The van der Waals surface area contributed by atoms with E-state index in [0.717, 1.165) is 30.4 Å². The number of hydrogen-bond donors (Lipinski definition) is 0. The summed E-state index contributed by atoms with van der Waals surface area (Å²) in [6.07, 6.45) is 2.46. The number of halogens is 1. The number of amides is 2. The molecule has 0 radical (unpaired) electrons. The number of likely N-dealkylation sites (tertiary alicyclic amines) is 1. The highest BCUT2D eigenvalue weighted by molar-refractivity contribution is 7.10. The summed E-state index contributed by atoms with van der Waals surface area (Å²) in [5, 5.41) is 2.02. The second kappa shape index (κ2) is 10.5. The van der Waals surface area contributed by atoms with Gasteiger partial charge >= 0.3 is 5.97 Å². The lowest BCUT2D eigenvalue weighted by Gasteiger charge is -2.37. The van der Waals surface area contributed by atoms with Gasteiger partial charge in [0.05, 0.1) is 18.6 Å². The topological polar surface area (TPSA) is 66.9 Å². The second-order valence-electron chi connectivity index (χ2n) is 8.52. The smallest absolute Gasteiger partial charge is 0.310 e.